The quantitative estimate of drug-likeness (QED) is 0.732. The summed E-state index contributed by atoms with van der Waals surface area (Å²) in [6, 6.07) is 16.2. The Morgan fingerprint density at radius 2 is 1.58 bits per heavy atom. The van der Waals surface area contributed by atoms with Crippen LogP contribution in [0.5, 0.6) is 0 Å². The summed E-state index contributed by atoms with van der Waals surface area (Å²) in [6.07, 6.45) is 1.19. The minimum atomic E-state index is -0.365. The van der Waals surface area contributed by atoms with Crippen LogP contribution in [0.25, 0.3) is 5.83 Å². The van der Waals surface area contributed by atoms with E-state index in [9.17, 15) is 9.18 Å². The Morgan fingerprint density at radius 3 is 2.37 bits per heavy atom. The number of benzene rings is 2. The molecular weight excluding hydrogens is 239 g/mol. The number of hydrogen-bond acceptors (Lipinski definition) is 1. The van der Waals surface area contributed by atoms with Gasteiger partial charge in [-0.15, -0.1) is 0 Å². The maximum absolute atomic E-state index is 14.4. The van der Waals surface area contributed by atoms with Crippen LogP contribution in [0.15, 0.2) is 60.2 Å². The fourth-order valence-corrected chi connectivity index (χ4v) is 2.46. The number of fused-ring (bicyclic) bond motifs is 1. The highest BCUT2D eigenvalue weighted by Crippen LogP contribution is 2.33. The number of allylic oxidation sites excluding steroid dienone is 1. The maximum atomic E-state index is 14.4. The van der Waals surface area contributed by atoms with Crippen molar-refractivity contribution in [2.75, 3.05) is 0 Å². The van der Waals surface area contributed by atoms with Crippen molar-refractivity contribution in [3.63, 3.8) is 0 Å². The predicted octanol–water partition coefficient (Wildman–Crippen LogP) is 4.20. The van der Waals surface area contributed by atoms with Crippen molar-refractivity contribution in [1.82, 2.24) is 0 Å². The van der Waals surface area contributed by atoms with Crippen LogP contribution in [0.3, 0.4) is 0 Å². The Morgan fingerprint density at radius 1 is 0.895 bits per heavy atom. The van der Waals surface area contributed by atoms with E-state index in [2.05, 4.69) is 0 Å². The maximum Gasteiger partial charge on any atom is 0.191 e. The monoisotopic (exact) mass is 252 g/mol. The predicted molar refractivity (Wildman–Crippen MR) is 73.6 cm³/mol. The molecule has 1 nitrogen and oxygen atoms in total. The second-order valence-corrected chi connectivity index (χ2v) is 4.64. The summed E-state index contributed by atoms with van der Waals surface area (Å²) < 4.78 is 14.4. The van der Waals surface area contributed by atoms with Crippen molar-refractivity contribution in [3.05, 3.63) is 76.9 Å². The molecule has 0 bridgehead atoms. The van der Waals surface area contributed by atoms with Crippen molar-refractivity contribution in [1.29, 1.82) is 0 Å². The first kappa shape index (κ1) is 11.8. The van der Waals surface area contributed by atoms with Gasteiger partial charge in [-0.1, -0.05) is 54.6 Å². The van der Waals surface area contributed by atoms with Gasteiger partial charge in [0.05, 0.1) is 0 Å². The van der Waals surface area contributed by atoms with Gasteiger partial charge in [0.15, 0.2) is 5.78 Å². The van der Waals surface area contributed by atoms with Crippen molar-refractivity contribution < 1.29 is 9.18 Å². The number of Topliss-reactive ketones (excluding diaryl/α,β-unsaturated/α-hetero) is 1. The summed E-state index contributed by atoms with van der Waals surface area (Å²) in [5.41, 5.74) is 2.38. The van der Waals surface area contributed by atoms with E-state index in [-0.39, 0.29) is 11.6 Å². The molecule has 0 saturated heterocycles. The lowest BCUT2D eigenvalue weighted by atomic mass is 9.87. The van der Waals surface area contributed by atoms with Gasteiger partial charge in [0, 0.05) is 16.7 Å². The molecule has 19 heavy (non-hydrogen) atoms. The topological polar surface area (TPSA) is 17.1 Å². The van der Waals surface area contributed by atoms with Crippen molar-refractivity contribution in [2.45, 2.75) is 12.8 Å². The van der Waals surface area contributed by atoms with Crippen LogP contribution >= 0.6 is 0 Å². The van der Waals surface area contributed by atoms with Crippen LogP contribution in [0.2, 0.25) is 0 Å². The fourth-order valence-electron chi connectivity index (χ4n) is 2.46. The normalized spacial score (nSPS) is 14.2. The third-order valence-corrected chi connectivity index (χ3v) is 3.47. The second kappa shape index (κ2) is 4.81. The standard InChI is InChI=1S/C17H13FO/c18-16-14-9-5-4-6-12(14)10-11-15(16)17(19)13-7-2-1-3-8-13/h1-9H,10-11H2. The van der Waals surface area contributed by atoms with Crippen LogP contribution in [0, 0.1) is 0 Å². The number of carbonyl (C=O) groups is 1. The summed E-state index contributed by atoms with van der Waals surface area (Å²) in [7, 11) is 0. The molecule has 0 fully saturated rings. The van der Waals surface area contributed by atoms with Gasteiger partial charge in [0.1, 0.15) is 5.83 Å². The van der Waals surface area contributed by atoms with Gasteiger partial charge in [-0.3, -0.25) is 4.79 Å². The minimum Gasteiger partial charge on any atom is -0.289 e. The van der Waals surface area contributed by atoms with Crippen LogP contribution in [-0.2, 0) is 6.42 Å². The minimum absolute atomic E-state index is 0.201. The van der Waals surface area contributed by atoms with Gasteiger partial charge in [-0.25, -0.2) is 4.39 Å². The first-order chi connectivity index (χ1) is 9.27. The van der Waals surface area contributed by atoms with Crippen LogP contribution in [0.4, 0.5) is 4.39 Å². The molecule has 0 unspecified atom stereocenters. The SMILES string of the molecule is O=C(C1=C(F)c2ccccc2CC1)c1ccccc1. The van der Waals surface area contributed by atoms with Crippen molar-refractivity contribution >= 4 is 11.6 Å². The van der Waals surface area contributed by atoms with E-state index in [0.29, 0.717) is 23.1 Å². The second-order valence-electron chi connectivity index (χ2n) is 4.64. The third kappa shape index (κ3) is 2.10. The molecule has 0 aromatic heterocycles. The van der Waals surface area contributed by atoms with Gasteiger partial charge in [-0.2, -0.15) is 0 Å². The van der Waals surface area contributed by atoms with Gasteiger partial charge in [0.2, 0.25) is 0 Å². The molecule has 0 N–H and O–H groups in total. The van der Waals surface area contributed by atoms with E-state index >= 15 is 0 Å². The smallest absolute Gasteiger partial charge is 0.191 e. The number of aryl methyl sites for hydroxylation is 1. The number of ketones is 1. The highest BCUT2D eigenvalue weighted by atomic mass is 19.1. The molecule has 94 valence electrons. The highest BCUT2D eigenvalue weighted by molar-refractivity contribution is 6.12. The highest BCUT2D eigenvalue weighted by Gasteiger charge is 2.24. The lowest BCUT2D eigenvalue weighted by molar-refractivity contribution is 0.103. The molecule has 2 aromatic rings. The van der Waals surface area contributed by atoms with Crippen LogP contribution in [-0.4, -0.2) is 5.78 Å². The van der Waals surface area contributed by atoms with E-state index in [0.717, 1.165) is 12.0 Å². The van der Waals surface area contributed by atoms with Gasteiger partial charge >= 0.3 is 0 Å². The Labute approximate surface area is 111 Å². The zero-order valence-corrected chi connectivity index (χ0v) is 10.4. The number of halogens is 1. The number of rotatable bonds is 2. The molecular formula is C17H13FO. The summed E-state index contributed by atoms with van der Waals surface area (Å²) in [6.45, 7) is 0. The Balaban J connectivity index is 2.05. The molecule has 0 amide bonds. The molecule has 0 radical (unpaired) electrons. The first-order valence-electron chi connectivity index (χ1n) is 6.34. The first-order valence-corrected chi connectivity index (χ1v) is 6.34. The fraction of sp³-hybridized carbons (Fsp3) is 0.118. The molecule has 0 atom stereocenters. The molecule has 0 heterocycles. The summed E-state index contributed by atoms with van der Waals surface area (Å²) in [4.78, 5) is 12.3. The third-order valence-electron chi connectivity index (χ3n) is 3.47. The molecule has 2 aromatic carbocycles. The molecule has 1 aliphatic carbocycles. The van der Waals surface area contributed by atoms with E-state index in [1.807, 2.05) is 18.2 Å². The molecule has 0 spiro atoms. The number of hydrogen-bond donors (Lipinski definition) is 0. The summed E-state index contributed by atoms with van der Waals surface area (Å²) in [5.74, 6) is -0.566. The molecule has 0 saturated carbocycles. The van der Waals surface area contributed by atoms with E-state index < -0.39 is 0 Å². The Hall–Kier alpha value is -2.22. The van der Waals surface area contributed by atoms with Gasteiger partial charge in [-0.05, 0) is 18.4 Å². The average molecular weight is 252 g/mol. The molecule has 0 aliphatic heterocycles. The lowest BCUT2D eigenvalue weighted by Crippen LogP contribution is -2.11. The number of carbonyl (C=O) groups excluding carboxylic acids is 1. The Kier molecular flexibility index (Phi) is 3.00. The Bertz CT molecular complexity index is 656. The van der Waals surface area contributed by atoms with E-state index in [4.69, 9.17) is 0 Å². The van der Waals surface area contributed by atoms with Gasteiger partial charge in [0.25, 0.3) is 0 Å². The van der Waals surface area contributed by atoms with Crippen LogP contribution < -0.4 is 0 Å². The average Bonchev–Trinajstić information content (AvgIpc) is 2.48. The van der Waals surface area contributed by atoms with Crippen molar-refractivity contribution in [2.24, 2.45) is 0 Å². The van der Waals surface area contributed by atoms with Gasteiger partial charge < -0.3 is 0 Å². The largest absolute Gasteiger partial charge is 0.289 e. The zero-order chi connectivity index (χ0) is 13.2. The molecule has 2 heteroatoms. The van der Waals surface area contributed by atoms with Crippen LogP contribution in [0.1, 0.15) is 27.9 Å². The lowest BCUT2D eigenvalue weighted by Gasteiger charge is -2.17. The summed E-state index contributed by atoms with van der Waals surface area (Å²) >= 11 is 0. The summed E-state index contributed by atoms with van der Waals surface area (Å²) in [5, 5.41) is 0. The van der Waals surface area contributed by atoms with Crippen molar-refractivity contribution in [3.8, 4) is 0 Å². The molecule has 3 rings (SSSR count). The molecule has 1 aliphatic rings. The van der Waals surface area contributed by atoms with E-state index in [1.54, 1.807) is 36.4 Å². The zero-order valence-electron chi connectivity index (χ0n) is 10.4. The van der Waals surface area contributed by atoms with E-state index in [1.165, 1.54) is 0 Å².